The van der Waals surface area contributed by atoms with Gasteiger partial charge in [-0.3, -0.25) is 0 Å². The van der Waals surface area contributed by atoms with Crippen molar-refractivity contribution in [3.63, 3.8) is 0 Å². The Balaban J connectivity index is 3.32. The van der Waals surface area contributed by atoms with Crippen molar-refractivity contribution < 1.29 is 0 Å². The van der Waals surface area contributed by atoms with Crippen LogP contribution in [0.2, 0.25) is 5.02 Å². The molecule has 0 saturated heterocycles. The molecule has 0 unspecified atom stereocenters. The van der Waals surface area contributed by atoms with Crippen LogP contribution >= 0.6 is 39.1 Å². The van der Waals surface area contributed by atoms with E-state index in [4.69, 9.17) is 23.2 Å². The SMILES string of the molecule is CC(C)c1c(CCl)ccc(Cl)c1Br. The molecule has 0 atom stereocenters. The molecule has 3 heteroatoms. The topological polar surface area (TPSA) is 0 Å². The van der Waals surface area contributed by atoms with E-state index in [1.165, 1.54) is 5.56 Å². The minimum Gasteiger partial charge on any atom is -0.122 e. The van der Waals surface area contributed by atoms with Gasteiger partial charge < -0.3 is 0 Å². The van der Waals surface area contributed by atoms with Gasteiger partial charge in [-0.15, -0.1) is 11.6 Å². The molecule has 0 spiro atoms. The lowest BCUT2D eigenvalue weighted by Gasteiger charge is -2.14. The van der Waals surface area contributed by atoms with Crippen LogP contribution in [-0.4, -0.2) is 0 Å². The molecule has 0 aromatic heterocycles. The summed E-state index contributed by atoms with van der Waals surface area (Å²) >= 11 is 15.3. The Labute approximate surface area is 97.4 Å². The van der Waals surface area contributed by atoms with Crippen molar-refractivity contribution in [2.45, 2.75) is 25.6 Å². The molecule has 0 amide bonds. The van der Waals surface area contributed by atoms with Crippen molar-refractivity contribution in [1.29, 1.82) is 0 Å². The monoisotopic (exact) mass is 280 g/mol. The summed E-state index contributed by atoms with van der Waals surface area (Å²) in [6, 6.07) is 3.85. The zero-order chi connectivity index (χ0) is 10.0. The molecule has 0 aliphatic heterocycles. The van der Waals surface area contributed by atoms with E-state index < -0.39 is 0 Å². The van der Waals surface area contributed by atoms with Crippen LogP contribution in [0.1, 0.15) is 30.9 Å². The molecule has 0 aliphatic rings. The fraction of sp³-hybridized carbons (Fsp3) is 0.400. The van der Waals surface area contributed by atoms with E-state index in [2.05, 4.69) is 29.8 Å². The van der Waals surface area contributed by atoms with Gasteiger partial charge in [-0.05, 0) is 39.0 Å². The highest BCUT2D eigenvalue weighted by molar-refractivity contribution is 9.10. The molecule has 1 aromatic rings. The Bertz CT molecular complexity index is 308. The molecule has 0 saturated carbocycles. The van der Waals surface area contributed by atoms with Crippen molar-refractivity contribution >= 4 is 39.1 Å². The van der Waals surface area contributed by atoms with Crippen LogP contribution < -0.4 is 0 Å². The second-order valence-corrected chi connectivity index (χ2v) is 4.69. The number of hydrogen-bond acceptors (Lipinski definition) is 0. The van der Waals surface area contributed by atoms with E-state index in [-0.39, 0.29) is 0 Å². The summed E-state index contributed by atoms with van der Waals surface area (Å²) in [6.45, 7) is 4.26. The standard InChI is InChI=1S/C10H11BrCl2/c1-6(2)9-7(5-12)3-4-8(13)10(9)11/h3-4,6H,5H2,1-2H3. The van der Waals surface area contributed by atoms with Crippen molar-refractivity contribution in [1.82, 2.24) is 0 Å². The number of benzene rings is 1. The zero-order valence-corrected chi connectivity index (χ0v) is 10.7. The van der Waals surface area contributed by atoms with Gasteiger partial charge in [0.1, 0.15) is 0 Å². The highest BCUT2D eigenvalue weighted by atomic mass is 79.9. The van der Waals surface area contributed by atoms with Gasteiger partial charge in [0, 0.05) is 10.4 Å². The minimum absolute atomic E-state index is 0.432. The largest absolute Gasteiger partial charge is 0.122 e. The van der Waals surface area contributed by atoms with E-state index >= 15 is 0 Å². The minimum atomic E-state index is 0.432. The van der Waals surface area contributed by atoms with Crippen molar-refractivity contribution in [3.05, 3.63) is 32.8 Å². The third kappa shape index (κ3) is 2.39. The van der Waals surface area contributed by atoms with Gasteiger partial charge in [-0.1, -0.05) is 31.5 Å². The van der Waals surface area contributed by atoms with Gasteiger partial charge in [0.2, 0.25) is 0 Å². The Morgan fingerprint density at radius 3 is 2.46 bits per heavy atom. The van der Waals surface area contributed by atoms with E-state index in [0.29, 0.717) is 11.8 Å². The Kier molecular flexibility index (Phi) is 4.08. The number of alkyl halides is 1. The first-order valence-corrected chi connectivity index (χ1v) is 5.81. The molecule has 1 aromatic carbocycles. The molecule has 0 bridgehead atoms. The maximum Gasteiger partial charge on any atom is 0.0551 e. The molecule has 0 heterocycles. The first-order chi connectivity index (χ1) is 6.07. The molecule has 0 fully saturated rings. The van der Waals surface area contributed by atoms with Crippen LogP contribution in [0.25, 0.3) is 0 Å². The molecule has 13 heavy (non-hydrogen) atoms. The number of rotatable bonds is 2. The fourth-order valence-corrected chi connectivity index (χ4v) is 2.59. The van der Waals surface area contributed by atoms with Crippen molar-refractivity contribution in [3.8, 4) is 0 Å². The summed E-state index contributed by atoms with van der Waals surface area (Å²) in [7, 11) is 0. The maximum atomic E-state index is 6.00. The quantitative estimate of drug-likeness (QED) is 0.672. The van der Waals surface area contributed by atoms with Crippen LogP contribution in [0.3, 0.4) is 0 Å². The molecular weight excluding hydrogens is 271 g/mol. The lowest BCUT2D eigenvalue weighted by atomic mass is 9.98. The zero-order valence-electron chi connectivity index (χ0n) is 7.57. The lowest BCUT2D eigenvalue weighted by Crippen LogP contribution is -1.96. The van der Waals surface area contributed by atoms with Crippen LogP contribution in [0.15, 0.2) is 16.6 Å². The van der Waals surface area contributed by atoms with E-state index in [9.17, 15) is 0 Å². The third-order valence-corrected chi connectivity index (χ3v) is 3.63. The average Bonchev–Trinajstić information content (AvgIpc) is 2.08. The number of hydrogen-bond donors (Lipinski definition) is 0. The van der Waals surface area contributed by atoms with Crippen LogP contribution in [0.5, 0.6) is 0 Å². The molecule has 72 valence electrons. The summed E-state index contributed by atoms with van der Waals surface area (Å²) in [4.78, 5) is 0. The summed E-state index contributed by atoms with van der Waals surface area (Å²) in [5.74, 6) is 0.963. The normalized spacial score (nSPS) is 10.9. The Hall–Kier alpha value is 0.280. The summed E-state index contributed by atoms with van der Waals surface area (Å²) < 4.78 is 0.974. The van der Waals surface area contributed by atoms with Gasteiger partial charge in [0.25, 0.3) is 0 Å². The smallest absolute Gasteiger partial charge is 0.0551 e. The molecule has 0 radical (unpaired) electrons. The molecule has 0 nitrogen and oxygen atoms in total. The second-order valence-electron chi connectivity index (χ2n) is 3.22. The van der Waals surface area contributed by atoms with Crippen molar-refractivity contribution in [2.24, 2.45) is 0 Å². The first-order valence-electron chi connectivity index (χ1n) is 4.10. The van der Waals surface area contributed by atoms with Gasteiger partial charge >= 0.3 is 0 Å². The third-order valence-electron chi connectivity index (χ3n) is 1.94. The van der Waals surface area contributed by atoms with E-state index in [1.54, 1.807) is 0 Å². The summed E-state index contributed by atoms with van der Waals surface area (Å²) in [6.07, 6.45) is 0. The Morgan fingerprint density at radius 1 is 1.38 bits per heavy atom. The van der Waals surface area contributed by atoms with Gasteiger partial charge in [-0.2, -0.15) is 0 Å². The highest BCUT2D eigenvalue weighted by Gasteiger charge is 2.12. The summed E-state index contributed by atoms with van der Waals surface area (Å²) in [5, 5.41) is 0.748. The molecule has 0 aliphatic carbocycles. The number of halogens is 3. The van der Waals surface area contributed by atoms with E-state index in [0.717, 1.165) is 15.1 Å². The van der Waals surface area contributed by atoms with Gasteiger partial charge in [-0.25, -0.2) is 0 Å². The lowest BCUT2D eigenvalue weighted by molar-refractivity contribution is 0.848. The predicted octanol–water partition coefficient (Wildman–Crippen LogP) is 4.96. The van der Waals surface area contributed by atoms with Gasteiger partial charge in [0.05, 0.1) is 5.02 Å². The predicted molar refractivity (Wildman–Crippen MR) is 62.8 cm³/mol. The van der Waals surface area contributed by atoms with Crippen LogP contribution in [0.4, 0.5) is 0 Å². The molecular formula is C10H11BrCl2. The summed E-state index contributed by atoms with van der Waals surface area (Å²) in [5.41, 5.74) is 2.36. The van der Waals surface area contributed by atoms with E-state index in [1.807, 2.05) is 12.1 Å². The first kappa shape index (κ1) is 11.4. The highest BCUT2D eigenvalue weighted by Crippen LogP contribution is 2.34. The van der Waals surface area contributed by atoms with Gasteiger partial charge in [0.15, 0.2) is 0 Å². The second kappa shape index (κ2) is 4.68. The fourth-order valence-electron chi connectivity index (χ4n) is 1.35. The van der Waals surface area contributed by atoms with Crippen LogP contribution in [0, 0.1) is 0 Å². The average molecular weight is 282 g/mol. The molecule has 0 N–H and O–H groups in total. The van der Waals surface area contributed by atoms with Crippen LogP contribution in [-0.2, 0) is 5.88 Å². The Morgan fingerprint density at radius 2 is 2.00 bits per heavy atom. The molecule has 1 rings (SSSR count). The van der Waals surface area contributed by atoms with Crippen molar-refractivity contribution in [2.75, 3.05) is 0 Å². The maximum absolute atomic E-state index is 6.00.